The SMILES string of the molecule is Cc1c(Oc2ccc3c(c2)ncn3C)ccc(Nc2ncnc3cnc(N4CCC[C@](C)(O)C4)nc23)c1F. The Kier molecular flexibility index (Phi) is 5.79. The maximum absolute atomic E-state index is 15.5. The van der Waals surface area contributed by atoms with Gasteiger partial charge in [-0.1, -0.05) is 0 Å². The van der Waals surface area contributed by atoms with Gasteiger partial charge in [-0.15, -0.1) is 0 Å². The van der Waals surface area contributed by atoms with Gasteiger partial charge in [0.2, 0.25) is 5.95 Å². The Balaban J connectivity index is 1.28. The average Bonchev–Trinajstić information content (AvgIpc) is 3.27. The first kappa shape index (κ1) is 24.0. The van der Waals surface area contributed by atoms with Crippen LogP contribution in [0.15, 0.2) is 49.2 Å². The van der Waals surface area contributed by atoms with Gasteiger partial charge in [-0.05, 0) is 51.0 Å². The third kappa shape index (κ3) is 4.45. The molecule has 5 aromatic rings. The van der Waals surface area contributed by atoms with Gasteiger partial charge in [-0.3, -0.25) is 0 Å². The second kappa shape index (κ2) is 9.18. The van der Waals surface area contributed by atoms with Crippen LogP contribution in [0.3, 0.4) is 0 Å². The summed E-state index contributed by atoms with van der Waals surface area (Å²) in [5.41, 5.74) is 2.54. The summed E-state index contributed by atoms with van der Waals surface area (Å²) in [6.07, 6.45) is 6.30. The number of fused-ring (bicyclic) bond motifs is 2. The Morgan fingerprint density at radius 2 is 1.97 bits per heavy atom. The number of imidazole rings is 1. The number of piperidine rings is 1. The zero-order valence-corrected chi connectivity index (χ0v) is 21.3. The van der Waals surface area contributed by atoms with Gasteiger partial charge in [0.15, 0.2) is 11.6 Å². The molecule has 0 spiro atoms. The lowest BCUT2D eigenvalue weighted by molar-refractivity contribution is 0.0445. The number of nitrogens with one attached hydrogen (secondary N) is 1. The van der Waals surface area contributed by atoms with Gasteiger partial charge in [-0.25, -0.2) is 29.3 Å². The van der Waals surface area contributed by atoms with Crippen LogP contribution in [0, 0.1) is 12.7 Å². The van der Waals surface area contributed by atoms with Crippen LogP contribution in [0.2, 0.25) is 0 Å². The molecule has 0 amide bonds. The molecule has 0 aliphatic carbocycles. The van der Waals surface area contributed by atoms with Gasteiger partial charge in [0, 0.05) is 31.8 Å². The van der Waals surface area contributed by atoms with E-state index in [9.17, 15) is 5.11 Å². The molecule has 1 atom stereocenters. The van der Waals surface area contributed by atoms with E-state index in [-0.39, 0.29) is 5.69 Å². The summed E-state index contributed by atoms with van der Waals surface area (Å²) >= 11 is 0. The van der Waals surface area contributed by atoms with Crippen LogP contribution in [-0.2, 0) is 7.05 Å². The van der Waals surface area contributed by atoms with Crippen molar-refractivity contribution in [3.8, 4) is 11.5 Å². The van der Waals surface area contributed by atoms with E-state index < -0.39 is 11.4 Å². The zero-order chi connectivity index (χ0) is 26.4. The summed E-state index contributed by atoms with van der Waals surface area (Å²) in [6, 6.07) is 8.89. The van der Waals surface area contributed by atoms with E-state index >= 15 is 4.39 Å². The number of anilines is 3. The molecule has 0 radical (unpaired) electrons. The first-order valence-corrected chi connectivity index (χ1v) is 12.4. The normalized spacial score (nSPS) is 17.8. The highest BCUT2D eigenvalue weighted by molar-refractivity contribution is 5.87. The monoisotopic (exact) mass is 514 g/mol. The fourth-order valence-corrected chi connectivity index (χ4v) is 4.79. The van der Waals surface area contributed by atoms with Crippen LogP contribution < -0.4 is 15.0 Å². The molecule has 1 fully saturated rings. The largest absolute Gasteiger partial charge is 0.457 e. The highest BCUT2D eigenvalue weighted by Crippen LogP contribution is 2.34. The lowest BCUT2D eigenvalue weighted by atomic mass is 9.95. The lowest BCUT2D eigenvalue weighted by Crippen LogP contribution is -2.46. The Hall–Kier alpha value is -4.38. The van der Waals surface area contributed by atoms with E-state index in [2.05, 4.69) is 30.2 Å². The molecule has 10 nitrogen and oxygen atoms in total. The summed E-state index contributed by atoms with van der Waals surface area (Å²) in [5.74, 6) is 1.34. The second-order valence-corrected chi connectivity index (χ2v) is 9.93. The third-order valence-corrected chi connectivity index (χ3v) is 6.84. The number of rotatable bonds is 5. The van der Waals surface area contributed by atoms with Crippen molar-refractivity contribution in [2.75, 3.05) is 23.3 Å². The number of halogens is 1. The molecule has 2 aromatic carbocycles. The van der Waals surface area contributed by atoms with Gasteiger partial charge in [0.25, 0.3) is 0 Å². The van der Waals surface area contributed by atoms with E-state index in [1.54, 1.807) is 31.6 Å². The van der Waals surface area contributed by atoms with Crippen molar-refractivity contribution in [2.24, 2.45) is 7.05 Å². The molecular formula is C27H27FN8O2. The number of hydrogen-bond donors (Lipinski definition) is 2. The van der Waals surface area contributed by atoms with Crippen LogP contribution in [0.25, 0.3) is 22.1 Å². The molecule has 6 rings (SSSR count). The summed E-state index contributed by atoms with van der Waals surface area (Å²) in [4.78, 5) is 24.0. The minimum absolute atomic E-state index is 0.232. The molecule has 194 valence electrons. The quantitative estimate of drug-likeness (QED) is 0.346. The lowest BCUT2D eigenvalue weighted by Gasteiger charge is -2.36. The van der Waals surface area contributed by atoms with Crippen molar-refractivity contribution in [2.45, 2.75) is 32.3 Å². The van der Waals surface area contributed by atoms with Crippen molar-refractivity contribution >= 4 is 39.5 Å². The van der Waals surface area contributed by atoms with Crippen LogP contribution in [0.5, 0.6) is 11.5 Å². The molecule has 11 heteroatoms. The second-order valence-electron chi connectivity index (χ2n) is 9.93. The van der Waals surface area contributed by atoms with Crippen molar-refractivity contribution in [3.05, 3.63) is 60.6 Å². The Morgan fingerprint density at radius 3 is 2.82 bits per heavy atom. The van der Waals surface area contributed by atoms with Crippen LogP contribution in [0.1, 0.15) is 25.3 Å². The molecule has 0 bridgehead atoms. The number of aryl methyl sites for hydroxylation is 1. The number of nitrogens with zero attached hydrogens (tertiary/aromatic N) is 7. The number of ether oxygens (including phenoxy) is 1. The van der Waals surface area contributed by atoms with E-state index in [1.807, 2.05) is 41.6 Å². The number of β-amino-alcohol motifs (C(OH)–C–C–N with tert-alkyl or cyclic N) is 1. The predicted octanol–water partition coefficient (Wildman–Crippen LogP) is 4.64. The third-order valence-electron chi connectivity index (χ3n) is 6.84. The predicted molar refractivity (Wildman–Crippen MR) is 142 cm³/mol. The van der Waals surface area contributed by atoms with E-state index in [0.29, 0.717) is 46.4 Å². The van der Waals surface area contributed by atoms with Crippen molar-refractivity contribution in [1.29, 1.82) is 0 Å². The standard InChI is InChI=1S/C27H27FN8O2/c1-16-22(38-17-5-7-21-19(11-17)32-15-35(21)3)8-6-18(23(16)28)33-25-24-20(30-14-31-25)12-29-26(34-24)36-10-4-9-27(2,37)13-36/h5-8,11-12,14-15,37H,4,9-10,13H2,1-3H3,(H,30,31,33)/t27-/m0/s1. The fourth-order valence-electron chi connectivity index (χ4n) is 4.79. The molecule has 1 aliphatic rings. The highest BCUT2D eigenvalue weighted by Gasteiger charge is 2.30. The van der Waals surface area contributed by atoms with E-state index in [0.717, 1.165) is 30.4 Å². The topological polar surface area (TPSA) is 114 Å². The first-order chi connectivity index (χ1) is 18.3. The Morgan fingerprint density at radius 1 is 1.11 bits per heavy atom. The van der Waals surface area contributed by atoms with Crippen LogP contribution in [0.4, 0.5) is 21.8 Å². The van der Waals surface area contributed by atoms with Gasteiger partial charge >= 0.3 is 0 Å². The number of hydrogen-bond acceptors (Lipinski definition) is 9. The van der Waals surface area contributed by atoms with Crippen molar-refractivity contribution in [3.63, 3.8) is 0 Å². The maximum Gasteiger partial charge on any atom is 0.226 e. The van der Waals surface area contributed by atoms with Gasteiger partial charge < -0.3 is 24.6 Å². The molecule has 1 aliphatic heterocycles. The van der Waals surface area contributed by atoms with Crippen LogP contribution >= 0.6 is 0 Å². The van der Waals surface area contributed by atoms with Crippen LogP contribution in [-0.4, -0.2) is 53.3 Å². The summed E-state index contributed by atoms with van der Waals surface area (Å²) in [6.45, 7) is 4.64. The maximum atomic E-state index is 15.5. The molecular weight excluding hydrogens is 487 g/mol. The number of aliphatic hydroxyl groups is 1. The average molecular weight is 515 g/mol. The molecule has 4 heterocycles. The molecule has 0 saturated carbocycles. The van der Waals surface area contributed by atoms with Crippen molar-refractivity contribution in [1.82, 2.24) is 29.5 Å². The number of aromatic nitrogens is 6. The molecule has 0 unspecified atom stereocenters. The molecule has 3 aromatic heterocycles. The molecule has 2 N–H and O–H groups in total. The molecule has 38 heavy (non-hydrogen) atoms. The van der Waals surface area contributed by atoms with Gasteiger partial charge in [0.1, 0.15) is 28.9 Å². The summed E-state index contributed by atoms with van der Waals surface area (Å²) in [5, 5.41) is 13.6. The highest BCUT2D eigenvalue weighted by atomic mass is 19.1. The Bertz CT molecular complexity index is 1670. The summed E-state index contributed by atoms with van der Waals surface area (Å²) < 4.78 is 23.4. The minimum Gasteiger partial charge on any atom is -0.457 e. The van der Waals surface area contributed by atoms with Crippen molar-refractivity contribution < 1.29 is 14.2 Å². The van der Waals surface area contributed by atoms with E-state index in [1.165, 1.54) is 6.33 Å². The van der Waals surface area contributed by atoms with E-state index in [4.69, 9.17) is 4.74 Å². The zero-order valence-electron chi connectivity index (χ0n) is 21.3. The smallest absolute Gasteiger partial charge is 0.226 e. The number of benzene rings is 2. The fraction of sp³-hybridized carbons (Fsp3) is 0.296. The van der Waals surface area contributed by atoms with Gasteiger partial charge in [0.05, 0.1) is 34.8 Å². The summed E-state index contributed by atoms with van der Waals surface area (Å²) in [7, 11) is 1.92. The first-order valence-electron chi connectivity index (χ1n) is 12.4. The van der Waals surface area contributed by atoms with Gasteiger partial charge in [-0.2, -0.15) is 0 Å². The minimum atomic E-state index is -0.807. The molecule has 1 saturated heterocycles. The Labute approximate surface area is 218 Å².